The summed E-state index contributed by atoms with van der Waals surface area (Å²) >= 11 is 0. The van der Waals surface area contributed by atoms with Gasteiger partial charge in [0.1, 0.15) is 12.4 Å². The van der Waals surface area contributed by atoms with Crippen LogP contribution in [0.1, 0.15) is 44.4 Å². The van der Waals surface area contributed by atoms with Gasteiger partial charge in [-0.3, -0.25) is 0 Å². The van der Waals surface area contributed by atoms with Gasteiger partial charge in [-0.2, -0.15) is 0 Å². The maximum Gasteiger partial charge on any atom is 0.494 e. The van der Waals surface area contributed by atoms with E-state index in [0.29, 0.717) is 6.61 Å². The summed E-state index contributed by atoms with van der Waals surface area (Å²) in [6, 6.07) is 14.5. The Hall–Kier alpha value is -1.78. The summed E-state index contributed by atoms with van der Waals surface area (Å²) in [4.78, 5) is 0. The first-order chi connectivity index (χ1) is 11.7. The third-order valence-corrected chi connectivity index (χ3v) is 5.20. The van der Waals surface area contributed by atoms with Gasteiger partial charge in [0.05, 0.1) is 11.2 Å². The van der Waals surface area contributed by atoms with Crippen molar-refractivity contribution in [2.45, 2.75) is 59.4 Å². The first-order valence-electron chi connectivity index (χ1n) is 8.82. The molecule has 1 aliphatic heterocycles. The lowest BCUT2D eigenvalue weighted by Gasteiger charge is -2.32. The second kappa shape index (κ2) is 6.51. The number of aryl methyl sites for hydroxylation is 2. The molecule has 1 heterocycles. The number of hydrogen-bond donors (Lipinski definition) is 0. The molecule has 0 N–H and O–H groups in total. The summed E-state index contributed by atoms with van der Waals surface area (Å²) in [7, 11) is -0.338. The molecule has 0 bridgehead atoms. The zero-order valence-electron chi connectivity index (χ0n) is 16.1. The highest BCUT2D eigenvalue weighted by Crippen LogP contribution is 2.36. The second-order valence-electron chi connectivity index (χ2n) is 7.89. The van der Waals surface area contributed by atoms with Crippen molar-refractivity contribution < 1.29 is 14.0 Å². The van der Waals surface area contributed by atoms with Crippen LogP contribution in [0.5, 0.6) is 5.75 Å². The van der Waals surface area contributed by atoms with Gasteiger partial charge in [0.25, 0.3) is 0 Å². The number of benzene rings is 2. The van der Waals surface area contributed by atoms with Gasteiger partial charge < -0.3 is 14.0 Å². The van der Waals surface area contributed by atoms with E-state index in [4.69, 9.17) is 14.0 Å². The molecule has 3 nitrogen and oxygen atoms in total. The van der Waals surface area contributed by atoms with Crippen molar-refractivity contribution in [1.29, 1.82) is 0 Å². The molecule has 0 aliphatic carbocycles. The van der Waals surface area contributed by atoms with Gasteiger partial charge in [-0.15, -0.1) is 0 Å². The minimum atomic E-state index is -0.338. The van der Waals surface area contributed by atoms with Crippen molar-refractivity contribution in [1.82, 2.24) is 0 Å². The Morgan fingerprint density at radius 1 is 0.920 bits per heavy atom. The molecule has 0 saturated carbocycles. The van der Waals surface area contributed by atoms with Crippen molar-refractivity contribution in [3.8, 4) is 5.75 Å². The Bertz CT molecular complexity index is 751. The quantitative estimate of drug-likeness (QED) is 0.783. The van der Waals surface area contributed by atoms with Gasteiger partial charge in [-0.25, -0.2) is 0 Å². The van der Waals surface area contributed by atoms with Crippen LogP contribution in [0.2, 0.25) is 0 Å². The summed E-state index contributed by atoms with van der Waals surface area (Å²) in [5.41, 5.74) is 3.87. The average molecular weight is 338 g/mol. The molecule has 25 heavy (non-hydrogen) atoms. The van der Waals surface area contributed by atoms with Crippen LogP contribution in [0.15, 0.2) is 42.5 Å². The summed E-state index contributed by atoms with van der Waals surface area (Å²) in [6.07, 6.45) is 0. The van der Waals surface area contributed by atoms with Crippen LogP contribution in [-0.2, 0) is 15.9 Å². The summed E-state index contributed by atoms with van der Waals surface area (Å²) in [5.74, 6) is 0.891. The van der Waals surface area contributed by atoms with Crippen LogP contribution in [0.3, 0.4) is 0 Å². The highest BCUT2D eigenvalue weighted by atomic mass is 16.7. The topological polar surface area (TPSA) is 27.7 Å². The van der Waals surface area contributed by atoms with E-state index in [9.17, 15) is 0 Å². The van der Waals surface area contributed by atoms with E-state index < -0.39 is 0 Å². The zero-order chi connectivity index (χ0) is 18.2. The minimum absolute atomic E-state index is 0.327. The first-order valence-corrected chi connectivity index (χ1v) is 8.82. The fourth-order valence-electron chi connectivity index (χ4n) is 2.92. The van der Waals surface area contributed by atoms with Gasteiger partial charge in [0, 0.05) is 0 Å². The Morgan fingerprint density at radius 3 is 2.20 bits per heavy atom. The molecule has 0 spiro atoms. The predicted molar refractivity (Wildman–Crippen MR) is 102 cm³/mol. The Balaban J connectivity index is 1.71. The zero-order valence-corrected chi connectivity index (χ0v) is 16.1. The lowest BCUT2D eigenvalue weighted by molar-refractivity contribution is 0.00578. The number of rotatable bonds is 4. The Labute approximate surface area is 151 Å². The van der Waals surface area contributed by atoms with E-state index in [0.717, 1.165) is 16.8 Å². The molecule has 1 saturated heterocycles. The fraction of sp³-hybridized carbons (Fsp3) is 0.429. The summed E-state index contributed by atoms with van der Waals surface area (Å²) in [5, 5.41) is 0. The van der Waals surface area contributed by atoms with Crippen LogP contribution in [-0.4, -0.2) is 18.3 Å². The summed E-state index contributed by atoms with van der Waals surface area (Å²) in [6.45, 7) is 13.0. The molecule has 0 amide bonds. The van der Waals surface area contributed by atoms with E-state index in [1.165, 1.54) is 11.1 Å². The number of ether oxygens (including phenoxy) is 1. The lowest BCUT2D eigenvalue weighted by atomic mass is 9.78. The fourth-order valence-corrected chi connectivity index (χ4v) is 2.92. The van der Waals surface area contributed by atoms with E-state index >= 15 is 0 Å². The van der Waals surface area contributed by atoms with E-state index in [-0.39, 0.29) is 18.3 Å². The normalized spacial score (nSPS) is 18.4. The Kier molecular flexibility index (Phi) is 4.69. The van der Waals surface area contributed by atoms with Gasteiger partial charge in [-0.1, -0.05) is 42.0 Å². The molecule has 1 fully saturated rings. The van der Waals surface area contributed by atoms with Crippen LogP contribution in [0.25, 0.3) is 0 Å². The molecule has 3 rings (SSSR count). The predicted octanol–water partition coefficient (Wildman–Crippen LogP) is 4.18. The third-order valence-electron chi connectivity index (χ3n) is 5.20. The van der Waals surface area contributed by atoms with E-state index in [2.05, 4.69) is 71.9 Å². The van der Waals surface area contributed by atoms with Crippen molar-refractivity contribution >= 4 is 12.6 Å². The highest BCUT2D eigenvalue weighted by molar-refractivity contribution is 6.62. The second-order valence-corrected chi connectivity index (χ2v) is 7.89. The van der Waals surface area contributed by atoms with Crippen LogP contribution < -0.4 is 10.2 Å². The van der Waals surface area contributed by atoms with Crippen LogP contribution in [0, 0.1) is 13.8 Å². The molecule has 0 atom stereocenters. The molecule has 2 aromatic carbocycles. The van der Waals surface area contributed by atoms with Crippen molar-refractivity contribution in [2.75, 3.05) is 0 Å². The SMILES string of the molecule is Cc1cccc(COc2ccc(B3OC(C)(C)C(C)(C)O3)cc2C)c1. The Morgan fingerprint density at radius 2 is 1.60 bits per heavy atom. The summed E-state index contributed by atoms with van der Waals surface area (Å²) < 4.78 is 18.2. The maximum atomic E-state index is 6.12. The molecule has 2 aromatic rings. The largest absolute Gasteiger partial charge is 0.494 e. The smallest absolute Gasteiger partial charge is 0.489 e. The van der Waals surface area contributed by atoms with Gasteiger partial charge in [0.2, 0.25) is 0 Å². The van der Waals surface area contributed by atoms with Crippen LogP contribution in [0.4, 0.5) is 0 Å². The van der Waals surface area contributed by atoms with Crippen molar-refractivity contribution in [2.24, 2.45) is 0 Å². The minimum Gasteiger partial charge on any atom is -0.489 e. The standard InChI is InChI=1S/C21H27BO3/c1-15-8-7-9-17(12-15)14-23-19-11-10-18(13-16(19)2)22-24-20(3,4)21(5,6)25-22/h7-13H,14H2,1-6H3. The lowest BCUT2D eigenvalue weighted by Crippen LogP contribution is -2.41. The molecule has 4 heteroatoms. The maximum absolute atomic E-state index is 6.12. The molecule has 132 valence electrons. The highest BCUT2D eigenvalue weighted by Gasteiger charge is 2.51. The van der Waals surface area contributed by atoms with Crippen molar-refractivity contribution in [3.05, 3.63) is 59.2 Å². The molecule has 0 aromatic heterocycles. The number of hydrogen-bond acceptors (Lipinski definition) is 3. The van der Waals surface area contributed by atoms with E-state index in [1.54, 1.807) is 0 Å². The average Bonchev–Trinajstić information content (AvgIpc) is 2.74. The van der Waals surface area contributed by atoms with E-state index in [1.807, 2.05) is 12.1 Å². The van der Waals surface area contributed by atoms with Crippen molar-refractivity contribution in [3.63, 3.8) is 0 Å². The third kappa shape index (κ3) is 3.75. The van der Waals surface area contributed by atoms with Gasteiger partial charge >= 0.3 is 7.12 Å². The first kappa shape index (κ1) is 18.0. The van der Waals surface area contributed by atoms with Gasteiger partial charge in [0.15, 0.2) is 0 Å². The monoisotopic (exact) mass is 338 g/mol. The molecular weight excluding hydrogens is 311 g/mol. The van der Waals surface area contributed by atoms with Crippen LogP contribution >= 0.6 is 0 Å². The molecule has 0 unspecified atom stereocenters. The molecule has 1 aliphatic rings. The molecular formula is C21H27BO3. The molecule has 0 radical (unpaired) electrons. The van der Waals surface area contributed by atoms with Gasteiger partial charge in [-0.05, 0) is 64.2 Å².